The maximum absolute atomic E-state index is 5.98. The topological polar surface area (TPSA) is 35.2 Å². The second-order valence-electron chi connectivity index (χ2n) is 3.43. The highest BCUT2D eigenvalue weighted by Crippen LogP contribution is 2.32. The summed E-state index contributed by atoms with van der Waals surface area (Å²) in [6, 6.07) is 3.56. The van der Waals surface area contributed by atoms with Crippen molar-refractivity contribution in [2.45, 2.75) is 33.3 Å². The second kappa shape index (κ2) is 4.56. The van der Waals surface area contributed by atoms with Crippen LogP contribution in [0.25, 0.3) is 0 Å². The smallest absolute Gasteiger partial charge is 0.146 e. The summed E-state index contributed by atoms with van der Waals surface area (Å²) in [6.07, 6.45) is 1.11. The zero-order valence-corrected chi connectivity index (χ0v) is 9.56. The van der Waals surface area contributed by atoms with Gasteiger partial charge in [-0.2, -0.15) is 0 Å². The van der Waals surface area contributed by atoms with E-state index in [9.17, 15) is 0 Å². The van der Waals surface area contributed by atoms with E-state index in [2.05, 4.69) is 6.92 Å². The summed E-state index contributed by atoms with van der Waals surface area (Å²) in [4.78, 5) is 0. The van der Waals surface area contributed by atoms with Gasteiger partial charge in [0.25, 0.3) is 0 Å². The Morgan fingerprint density at radius 1 is 1.50 bits per heavy atom. The molecule has 0 amide bonds. The molecule has 1 atom stereocenters. The number of hydrogen-bond donors (Lipinski definition) is 1. The minimum Gasteiger partial charge on any atom is -0.488 e. The van der Waals surface area contributed by atoms with E-state index >= 15 is 0 Å². The molecule has 0 aliphatic heterocycles. The number of nitrogen functional groups attached to an aromatic ring is 1. The molecule has 78 valence electrons. The summed E-state index contributed by atoms with van der Waals surface area (Å²) < 4.78 is 5.70. The molecule has 0 fully saturated rings. The Kier molecular flexibility index (Phi) is 3.64. The van der Waals surface area contributed by atoms with Gasteiger partial charge >= 0.3 is 0 Å². The largest absolute Gasteiger partial charge is 0.488 e. The average Bonchev–Trinajstić information content (AvgIpc) is 2.18. The molecule has 0 saturated heterocycles. The highest BCUT2D eigenvalue weighted by atomic mass is 35.5. The molecule has 0 aliphatic rings. The quantitative estimate of drug-likeness (QED) is 0.781. The van der Waals surface area contributed by atoms with Crippen LogP contribution in [0.15, 0.2) is 12.1 Å². The maximum atomic E-state index is 5.98. The van der Waals surface area contributed by atoms with Gasteiger partial charge in [0.1, 0.15) is 5.75 Å². The molecule has 1 aromatic carbocycles. The third-order valence-electron chi connectivity index (χ3n) is 2.26. The van der Waals surface area contributed by atoms with Crippen molar-refractivity contribution in [2.75, 3.05) is 5.73 Å². The average molecular weight is 214 g/mol. The van der Waals surface area contributed by atoms with Crippen molar-refractivity contribution < 1.29 is 4.74 Å². The van der Waals surface area contributed by atoms with E-state index in [0.717, 1.165) is 12.0 Å². The Labute approximate surface area is 90.0 Å². The van der Waals surface area contributed by atoms with Crippen molar-refractivity contribution in [3.8, 4) is 5.75 Å². The van der Waals surface area contributed by atoms with Crippen LogP contribution < -0.4 is 10.5 Å². The predicted molar refractivity (Wildman–Crippen MR) is 61.0 cm³/mol. The molecular weight excluding hydrogens is 198 g/mol. The lowest BCUT2D eigenvalue weighted by atomic mass is 10.2. The molecule has 1 unspecified atom stereocenters. The van der Waals surface area contributed by atoms with E-state index in [-0.39, 0.29) is 6.10 Å². The minimum absolute atomic E-state index is 0.162. The summed E-state index contributed by atoms with van der Waals surface area (Å²) in [5.41, 5.74) is 7.36. The van der Waals surface area contributed by atoms with Crippen LogP contribution in [-0.4, -0.2) is 6.10 Å². The zero-order valence-electron chi connectivity index (χ0n) is 8.80. The van der Waals surface area contributed by atoms with Gasteiger partial charge in [-0.25, -0.2) is 0 Å². The molecule has 3 heteroatoms. The summed E-state index contributed by atoms with van der Waals surface area (Å²) in [5, 5.41) is 0.692. The standard InChI is InChI=1S/C11H16ClNO/c1-4-7(2)14-11-8(3)9(12)5-6-10(11)13/h5-7H,4,13H2,1-3H3. The van der Waals surface area contributed by atoms with Crippen LogP contribution >= 0.6 is 11.6 Å². The number of nitrogens with two attached hydrogens (primary N) is 1. The van der Waals surface area contributed by atoms with Crippen LogP contribution in [0.1, 0.15) is 25.8 Å². The van der Waals surface area contributed by atoms with Crippen molar-refractivity contribution in [3.63, 3.8) is 0 Å². The van der Waals surface area contributed by atoms with Gasteiger partial charge < -0.3 is 10.5 Å². The first-order valence-corrected chi connectivity index (χ1v) is 5.15. The van der Waals surface area contributed by atoms with Crippen molar-refractivity contribution in [3.05, 3.63) is 22.7 Å². The van der Waals surface area contributed by atoms with Crippen molar-refractivity contribution >= 4 is 17.3 Å². The lowest BCUT2D eigenvalue weighted by molar-refractivity contribution is 0.217. The molecule has 0 saturated carbocycles. The van der Waals surface area contributed by atoms with Crippen LogP contribution in [0.2, 0.25) is 5.02 Å². The van der Waals surface area contributed by atoms with Gasteiger partial charge in [-0.05, 0) is 32.4 Å². The van der Waals surface area contributed by atoms with Crippen LogP contribution in [0.5, 0.6) is 5.75 Å². The first kappa shape index (κ1) is 11.2. The fourth-order valence-electron chi connectivity index (χ4n) is 1.13. The molecule has 2 nitrogen and oxygen atoms in total. The number of halogens is 1. The van der Waals surface area contributed by atoms with Gasteiger partial charge in [-0.1, -0.05) is 18.5 Å². The zero-order chi connectivity index (χ0) is 10.7. The van der Waals surface area contributed by atoms with Crippen molar-refractivity contribution in [2.24, 2.45) is 0 Å². The van der Waals surface area contributed by atoms with Gasteiger partial charge in [0.2, 0.25) is 0 Å². The molecule has 2 N–H and O–H groups in total. The Hall–Kier alpha value is -0.890. The molecule has 14 heavy (non-hydrogen) atoms. The molecule has 0 heterocycles. The fourth-order valence-corrected chi connectivity index (χ4v) is 1.28. The van der Waals surface area contributed by atoms with E-state index in [1.54, 1.807) is 12.1 Å². The SMILES string of the molecule is CCC(C)Oc1c(N)ccc(Cl)c1C. The number of rotatable bonds is 3. The molecule has 0 radical (unpaired) electrons. The molecular formula is C11H16ClNO. The van der Waals surface area contributed by atoms with Crippen molar-refractivity contribution in [1.29, 1.82) is 0 Å². The number of ether oxygens (including phenoxy) is 1. The first-order chi connectivity index (χ1) is 6.56. The van der Waals surface area contributed by atoms with E-state index < -0.39 is 0 Å². The highest BCUT2D eigenvalue weighted by Gasteiger charge is 2.10. The summed E-state index contributed by atoms with van der Waals surface area (Å²) >= 11 is 5.98. The monoisotopic (exact) mass is 213 g/mol. The van der Waals surface area contributed by atoms with Crippen LogP contribution in [0, 0.1) is 6.92 Å². The minimum atomic E-state index is 0.162. The summed E-state index contributed by atoms with van der Waals surface area (Å²) in [6.45, 7) is 6.00. The van der Waals surface area contributed by atoms with Crippen LogP contribution in [-0.2, 0) is 0 Å². The predicted octanol–water partition coefficient (Wildman–Crippen LogP) is 3.41. The van der Waals surface area contributed by atoms with Gasteiger partial charge in [-0.15, -0.1) is 0 Å². The molecule has 1 aromatic rings. The maximum Gasteiger partial charge on any atom is 0.146 e. The molecule has 0 bridgehead atoms. The lowest BCUT2D eigenvalue weighted by Gasteiger charge is -2.17. The molecule has 0 aliphatic carbocycles. The number of hydrogen-bond acceptors (Lipinski definition) is 2. The Morgan fingerprint density at radius 2 is 2.14 bits per heavy atom. The van der Waals surface area contributed by atoms with E-state index in [0.29, 0.717) is 16.5 Å². The third-order valence-corrected chi connectivity index (χ3v) is 2.67. The molecule has 0 spiro atoms. The molecule has 0 aromatic heterocycles. The Morgan fingerprint density at radius 3 is 2.71 bits per heavy atom. The molecule has 1 rings (SSSR count). The van der Waals surface area contributed by atoms with Gasteiger partial charge in [0.15, 0.2) is 0 Å². The third kappa shape index (κ3) is 2.32. The van der Waals surface area contributed by atoms with E-state index in [4.69, 9.17) is 22.1 Å². The van der Waals surface area contributed by atoms with Gasteiger partial charge in [0, 0.05) is 10.6 Å². The van der Waals surface area contributed by atoms with Crippen LogP contribution in [0.3, 0.4) is 0 Å². The fraction of sp³-hybridized carbons (Fsp3) is 0.455. The second-order valence-corrected chi connectivity index (χ2v) is 3.83. The number of anilines is 1. The summed E-state index contributed by atoms with van der Waals surface area (Å²) in [5.74, 6) is 0.715. The van der Waals surface area contributed by atoms with Crippen molar-refractivity contribution in [1.82, 2.24) is 0 Å². The lowest BCUT2D eigenvalue weighted by Crippen LogP contribution is -2.12. The van der Waals surface area contributed by atoms with Gasteiger partial charge in [-0.3, -0.25) is 0 Å². The normalized spacial score (nSPS) is 12.6. The first-order valence-electron chi connectivity index (χ1n) is 4.77. The van der Waals surface area contributed by atoms with E-state index in [1.165, 1.54) is 0 Å². The Bertz CT molecular complexity index is 325. The Balaban J connectivity index is 3.00. The summed E-state index contributed by atoms with van der Waals surface area (Å²) in [7, 11) is 0. The number of benzene rings is 1. The van der Waals surface area contributed by atoms with Gasteiger partial charge in [0.05, 0.1) is 11.8 Å². The van der Waals surface area contributed by atoms with E-state index in [1.807, 2.05) is 13.8 Å². The van der Waals surface area contributed by atoms with Crippen LogP contribution in [0.4, 0.5) is 5.69 Å². The highest BCUT2D eigenvalue weighted by molar-refractivity contribution is 6.31.